The molecule has 1 N–H and O–H groups in total. The number of nitrogens with one attached hydrogen (secondary N) is 1. The highest BCUT2D eigenvalue weighted by molar-refractivity contribution is 5.42. The Kier molecular flexibility index (Phi) is 6.46. The van der Waals surface area contributed by atoms with Gasteiger partial charge in [0.05, 0.1) is 5.56 Å². The highest BCUT2D eigenvalue weighted by atomic mass is 19.4. The third kappa shape index (κ3) is 4.93. The maximum atomic E-state index is 13.5. The van der Waals surface area contributed by atoms with E-state index in [-0.39, 0.29) is 23.7 Å². The van der Waals surface area contributed by atoms with Crippen LogP contribution in [-0.4, -0.2) is 31.2 Å². The van der Waals surface area contributed by atoms with Gasteiger partial charge in [0.25, 0.3) is 0 Å². The Balaban J connectivity index is 1.65. The molecule has 2 aromatic carbocycles. The minimum atomic E-state index is -4.42. The standard InChI is InChI=1S/C25H25F4N3/c1-32(24-12-9-19(14-31-24)25(27,28)29)23(13-17-5-3-2-4-6-17)22-16-30-15-21(22)18-7-10-20(26)11-8-18/h2-12,14,21-23,30H,13,15-16H2,1H3. The molecule has 1 saturated heterocycles. The van der Waals surface area contributed by atoms with Crippen LogP contribution in [0, 0.1) is 11.7 Å². The molecular formula is C25H25F4N3. The van der Waals surface area contributed by atoms with Gasteiger partial charge in [-0.25, -0.2) is 9.37 Å². The summed E-state index contributed by atoms with van der Waals surface area (Å²) in [6.07, 6.45) is -2.82. The van der Waals surface area contributed by atoms with Crippen LogP contribution in [0.3, 0.4) is 0 Å². The molecule has 1 aromatic heterocycles. The van der Waals surface area contributed by atoms with Crippen molar-refractivity contribution in [1.29, 1.82) is 0 Å². The lowest BCUT2D eigenvalue weighted by Crippen LogP contribution is -2.43. The summed E-state index contributed by atoms with van der Waals surface area (Å²) in [5.74, 6) is 0.530. The van der Waals surface area contributed by atoms with Crippen molar-refractivity contribution in [2.75, 3.05) is 25.0 Å². The van der Waals surface area contributed by atoms with E-state index in [4.69, 9.17) is 0 Å². The molecule has 0 aliphatic carbocycles. The number of nitrogens with zero attached hydrogens (tertiary/aromatic N) is 2. The molecule has 0 saturated carbocycles. The molecule has 3 nitrogen and oxygen atoms in total. The van der Waals surface area contributed by atoms with E-state index in [2.05, 4.69) is 22.4 Å². The minimum absolute atomic E-state index is 0.0216. The van der Waals surface area contributed by atoms with Gasteiger partial charge in [-0.3, -0.25) is 0 Å². The van der Waals surface area contributed by atoms with Gasteiger partial charge in [-0.05, 0) is 41.8 Å². The van der Waals surface area contributed by atoms with E-state index in [1.54, 1.807) is 0 Å². The van der Waals surface area contributed by atoms with Gasteiger partial charge in [-0.15, -0.1) is 0 Å². The number of hydrogen-bond acceptors (Lipinski definition) is 3. The minimum Gasteiger partial charge on any atom is -0.356 e. The van der Waals surface area contributed by atoms with Gasteiger partial charge in [0.2, 0.25) is 0 Å². The number of halogens is 4. The van der Waals surface area contributed by atoms with Crippen molar-refractivity contribution >= 4 is 5.82 Å². The van der Waals surface area contributed by atoms with E-state index >= 15 is 0 Å². The first kappa shape index (κ1) is 22.3. The van der Waals surface area contributed by atoms with E-state index in [1.165, 1.54) is 18.2 Å². The number of alkyl halides is 3. The van der Waals surface area contributed by atoms with Gasteiger partial charge in [0.1, 0.15) is 11.6 Å². The fourth-order valence-electron chi connectivity index (χ4n) is 4.54. The third-order valence-electron chi connectivity index (χ3n) is 6.28. The van der Waals surface area contributed by atoms with Crippen LogP contribution < -0.4 is 10.2 Å². The van der Waals surface area contributed by atoms with Gasteiger partial charge in [-0.2, -0.15) is 13.2 Å². The molecule has 4 rings (SSSR count). The highest BCUT2D eigenvalue weighted by Gasteiger charge is 2.37. The van der Waals surface area contributed by atoms with Crippen molar-refractivity contribution < 1.29 is 17.6 Å². The van der Waals surface area contributed by atoms with Crippen molar-refractivity contribution in [3.8, 4) is 0 Å². The fraction of sp³-hybridized carbons (Fsp3) is 0.320. The van der Waals surface area contributed by atoms with Gasteiger partial charge in [0, 0.05) is 44.2 Å². The average molecular weight is 443 g/mol. The molecule has 0 bridgehead atoms. The van der Waals surface area contributed by atoms with Crippen LogP contribution in [0.25, 0.3) is 0 Å². The maximum Gasteiger partial charge on any atom is 0.417 e. The number of likely N-dealkylation sites (N-methyl/N-ethyl adjacent to an activating group) is 1. The molecule has 3 atom stereocenters. The first-order valence-electron chi connectivity index (χ1n) is 10.6. The molecule has 1 fully saturated rings. The zero-order valence-corrected chi connectivity index (χ0v) is 17.7. The Morgan fingerprint density at radius 1 is 1.00 bits per heavy atom. The lowest BCUT2D eigenvalue weighted by atomic mass is 9.81. The van der Waals surface area contributed by atoms with E-state index in [1.807, 2.05) is 42.3 Å². The first-order valence-corrected chi connectivity index (χ1v) is 10.6. The highest BCUT2D eigenvalue weighted by Crippen LogP contribution is 2.36. The predicted molar refractivity (Wildman–Crippen MR) is 117 cm³/mol. The predicted octanol–water partition coefficient (Wildman–Crippen LogP) is 5.29. The van der Waals surface area contributed by atoms with Crippen LogP contribution in [0.2, 0.25) is 0 Å². The van der Waals surface area contributed by atoms with Gasteiger partial charge >= 0.3 is 6.18 Å². The van der Waals surface area contributed by atoms with Gasteiger partial charge < -0.3 is 10.2 Å². The molecular weight excluding hydrogens is 418 g/mol. The van der Waals surface area contributed by atoms with E-state index in [0.29, 0.717) is 12.2 Å². The maximum absolute atomic E-state index is 13.5. The summed E-state index contributed by atoms with van der Waals surface area (Å²) >= 11 is 0. The molecule has 7 heteroatoms. The number of aromatic nitrogens is 1. The monoisotopic (exact) mass is 443 g/mol. The molecule has 2 heterocycles. The zero-order chi connectivity index (χ0) is 22.7. The Labute approximate surface area is 185 Å². The summed E-state index contributed by atoms with van der Waals surface area (Å²) in [6, 6.07) is 19.1. The van der Waals surface area contributed by atoms with Crippen LogP contribution in [0.5, 0.6) is 0 Å². The summed E-state index contributed by atoms with van der Waals surface area (Å²) < 4.78 is 52.4. The van der Waals surface area contributed by atoms with Crippen LogP contribution in [0.4, 0.5) is 23.4 Å². The second-order valence-electron chi connectivity index (χ2n) is 8.25. The van der Waals surface area contributed by atoms with Crippen LogP contribution in [0.15, 0.2) is 72.9 Å². The molecule has 0 radical (unpaired) electrons. The van der Waals surface area contributed by atoms with Crippen LogP contribution >= 0.6 is 0 Å². The molecule has 1 aliphatic heterocycles. The summed E-state index contributed by atoms with van der Waals surface area (Å²) in [5.41, 5.74) is 1.43. The Morgan fingerprint density at radius 2 is 1.72 bits per heavy atom. The van der Waals surface area contributed by atoms with Crippen molar-refractivity contribution in [2.45, 2.75) is 24.6 Å². The normalized spacial score (nSPS) is 19.7. The quantitative estimate of drug-likeness (QED) is 0.525. The summed E-state index contributed by atoms with van der Waals surface area (Å²) in [5, 5.41) is 3.45. The average Bonchev–Trinajstić information content (AvgIpc) is 3.27. The Bertz CT molecular complexity index is 1000. The number of pyridine rings is 1. The molecule has 0 spiro atoms. The zero-order valence-electron chi connectivity index (χ0n) is 17.7. The topological polar surface area (TPSA) is 28.2 Å². The Hall–Kier alpha value is -2.93. The second kappa shape index (κ2) is 9.28. The third-order valence-corrected chi connectivity index (χ3v) is 6.28. The molecule has 0 amide bonds. The SMILES string of the molecule is CN(c1ccc(C(F)(F)F)cn1)C(Cc1ccccc1)C1CNCC1c1ccc(F)cc1. The van der Waals surface area contributed by atoms with Crippen molar-refractivity contribution in [2.24, 2.45) is 5.92 Å². The van der Waals surface area contributed by atoms with Crippen molar-refractivity contribution in [1.82, 2.24) is 10.3 Å². The van der Waals surface area contributed by atoms with Crippen molar-refractivity contribution in [3.63, 3.8) is 0 Å². The Morgan fingerprint density at radius 3 is 2.34 bits per heavy atom. The molecule has 168 valence electrons. The van der Waals surface area contributed by atoms with E-state index < -0.39 is 11.7 Å². The number of rotatable bonds is 6. The summed E-state index contributed by atoms with van der Waals surface area (Å²) in [6.45, 7) is 1.51. The van der Waals surface area contributed by atoms with Gasteiger partial charge in [-0.1, -0.05) is 42.5 Å². The first-order chi connectivity index (χ1) is 15.3. The molecule has 32 heavy (non-hydrogen) atoms. The molecule has 1 aliphatic rings. The van der Waals surface area contributed by atoms with Gasteiger partial charge in [0.15, 0.2) is 0 Å². The summed E-state index contributed by atoms with van der Waals surface area (Å²) in [4.78, 5) is 6.10. The summed E-state index contributed by atoms with van der Waals surface area (Å²) in [7, 11) is 1.88. The lowest BCUT2D eigenvalue weighted by Gasteiger charge is -2.36. The van der Waals surface area contributed by atoms with Crippen LogP contribution in [0.1, 0.15) is 22.6 Å². The second-order valence-corrected chi connectivity index (χ2v) is 8.25. The number of anilines is 1. The van der Waals surface area contributed by atoms with E-state index in [9.17, 15) is 17.6 Å². The lowest BCUT2D eigenvalue weighted by molar-refractivity contribution is -0.137. The largest absolute Gasteiger partial charge is 0.417 e. The van der Waals surface area contributed by atoms with E-state index in [0.717, 1.165) is 36.5 Å². The smallest absolute Gasteiger partial charge is 0.356 e. The van der Waals surface area contributed by atoms with Crippen LogP contribution in [-0.2, 0) is 12.6 Å². The molecule has 3 unspecified atom stereocenters. The van der Waals surface area contributed by atoms with Crippen molar-refractivity contribution in [3.05, 3.63) is 95.4 Å². The number of benzene rings is 2. The number of hydrogen-bond donors (Lipinski definition) is 1. The fourth-order valence-corrected chi connectivity index (χ4v) is 4.54. The molecule has 3 aromatic rings.